The molecule has 6 nitrogen and oxygen atoms in total. The van der Waals surface area contributed by atoms with Gasteiger partial charge in [-0.3, -0.25) is 4.79 Å². The van der Waals surface area contributed by atoms with Gasteiger partial charge in [-0.2, -0.15) is 0 Å². The van der Waals surface area contributed by atoms with Crippen molar-refractivity contribution in [3.8, 4) is 22.6 Å². The number of pyridine rings is 1. The van der Waals surface area contributed by atoms with E-state index in [0.717, 1.165) is 37.1 Å². The molecule has 1 saturated carbocycles. The van der Waals surface area contributed by atoms with Gasteiger partial charge in [-0.1, -0.05) is 35.5 Å². The first-order valence-corrected chi connectivity index (χ1v) is 10.4. The second-order valence-electron chi connectivity index (χ2n) is 7.95. The normalized spacial score (nSPS) is 19.1. The van der Waals surface area contributed by atoms with Crippen LogP contribution in [0.15, 0.2) is 65.4 Å². The van der Waals surface area contributed by atoms with Crippen molar-refractivity contribution in [2.75, 3.05) is 0 Å². The summed E-state index contributed by atoms with van der Waals surface area (Å²) in [5.41, 5.74) is 3.19. The van der Waals surface area contributed by atoms with Crippen LogP contribution >= 0.6 is 0 Å². The van der Waals surface area contributed by atoms with Crippen LogP contribution in [0.5, 0.6) is 0 Å². The lowest BCUT2D eigenvalue weighted by molar-refractivity contribution is 0.0921. The van der Waals surface area contributed by atoms with E-state index in [2.05, 4.69) is 38.4 Å². The van der Waals surface area contributed by atoms with Crippen LogP contribution in [0.2, 0.25) is 0 Å². The first kappa shape index (κ1) is 18.6. The summed E-state index contributed by atoms with van der Waals surface area (Å²) in [5, 5.41) is 7.34. The van der Waals surface area contributed by atoms with Crippen molar-refractivity contribution in [3.05, 3.63) is 72.2 Å². The Kier molecular flexibility index (Phi) is 4.83. The predicted molar refractivity (Wildman–Crippen MR) is 114 cm³/mol. The first-order valence-electron chi connectivity index (χ1n) is 10.4. The maximum Gasteiger partial charge on any atom is 0.257 e. The summed E-state index contributed by atoms with van der Waals surface area (Å²) in [6.45, 7) is 1.79. The fraction of sp³-hybridized carbons (Fsp3) is 0.292. The van der Waals surface area contributed by atoms with Crippen LogP contribution in [0, 0.1) is 6.92 Å². The number of hydrogen-bond donors (Lipinski definition) is 1. The Hall–Kier alpha value is -3.41. The van der Waals surface area contributed by atoms with E-state index in [1.54, 1.807) is 6.92 Å². The molecule has 5 rings (SSSR count). The Bertz CT molecular complexity index is 1120. The van der Waals surface area contributed by atoms with Crippen LogP contribution in [-0.4, -0.2) is 26.7 Å². The highest BCUT2D eigenvalue weighted by Gasteiger charge is 2.28. The number of carbonyl (C=O) groups excluding carboxylic acids is 1. The molecule has 1 amide bonds. The predicted octanol–water partition coefficient (Wildman–Crippen LogP) is 4.87. The molecule has 30 heavy (non-hydrogen) atoms. The Labute approximate surface area is 175 Å². The molecule has 3 aliphatic rings. The van der Waals surface area contributed by atoms with Crippen molar-refractivity contribution in [2.45, 2.75) is 44.7 Å². The van der Waals surface area contributed by atoms with E-state index in [0.29, 0.717) is 23.1 Å². The van der Waals surface area contributed by atoms with Crippen molar-refractivity contribution >= 4 is 5.91 Å². The highest BCUT2D eigenvalue weighted by atomic mass is 16.5. The summed E-state index contributed by atoms with van der Waals surface area (Å²) in [5.74, 6) is 1.48. The van der Waals surface area contributed by atoms with Gasteiger partial charge >= 0.3 is 0 Å². The van der Waals surface area contributed by atoms with Gasteiger partial charge in [0.15, 0.2) is 0 Å². The molecule has 0 unspecified atom stereocenters. The second-order valence-corrected chi connectivity index (χ2v) is 7.95. The fourth-order valence-corrected chi connectivity index (χ4v) is 4.48. The largest absolute Gasteiger partial charge is 0.360 e. The number of nitrogens with zero attached hydrogens (tertiary/aromatic N) is 3. The maximum atomic E-state index is 13.1. The van der Waals surface area contributed by atoms with Gasteiger partial charge in [-0.15, -0.1) is 0 Å². The van der Waals surface area contributed by atoms with E-state index in [4.69, 9.17) is 4.52 Å². The van der Waals surface area contributed by atoms with Gasteiger partial charge in [-0.05, 0) is 50.8 Å². The summed E-state index contributed by atoms with van der Waals surface area (Å²) in [6.07, 6.45) is 7.87. The summed E-state index contributed by atoms with van der Waals surface area (Å²) < 4.78 is 7.63. The molecule has 2 aliphatic heterocycles. The lowest BCUT2D eigenvalue weighted by Crippen LogP contribution is -2.38. The quantitative estimate of drug-likeness (QED) is 0.531. The molecule has 2 aromatic rings. The van der Waals surface area contributed by atoms with Crippen LogP contribution < -0.4 is 5.32 Å². The zero-order valence-corrected chi connectivity index (χ0v) is 16.9. The number of amides is 1. The summed E-state index contributed by atoms with van der Waals surface area (Å²) in [6, 6.07) is 16.5. The van der Waals surface area contributed by atoms with Crippen molar-refractivity contribution in [1.82, 2.24) is 20.0 Å². The van der Waals surface area contributed by atoms with Crippen LogP contribution in [0.25, 0.3) is 22.6 Å². The average molecular weight is 400 g/mol. The second kappa shape index (κ2) is 7.78. The molecule has 0 bridgehead atoms. The van der Waals surface area contributed by atoms with Crippen molar-refractivity contribution in [2.24, 2.45) is 0 Å². The van der Waals surface area contributed by atoms with Gasteiger partial charge in [0.1, 0.15) is 22.8 Å². The van der Waals surface area contributed by atoms with E-state index in [-0.39, 0.29) is 11.9 Å². The van der Waals surface area contributed by atoms with Gasteiger partial charge in [0, 0.05) is 35.6 Å². The molecule has 152 valence electrons. The molecule has 1 aromatic heterocycles. The van der Waals surface area contributed by atoms with E-state index in [9.17, 15) is 4.79 Å². The lowest BCUT2D eigenvalue weighted by Gasteiger charge is -2.31. The van der Waals surface area contributed by atoms with E-state index < -0.39 is 0 Å². The minimum Gasteiger partial charge on any atom is -0.360 e. The number of hydrogen-bond acceptors (Lipinski definition) is 4. The van der Waals surface area contributed by atoms with Crippen LogP contribution in [0.1, 0.15) is 47.8 Å². The monoisotopic (exact) mass is 400 g/mol. The zero-order chi connectivity index (χ0) is 20.5. The fourth-order valence-electron chi connectivity index (χ4n) is 4.48. The van der Waals surface area contributed by atoms with E-state index in [1.807, 2.05) is 42.6 Å². The zero-order valence-electron chi connectivity index (χ0n) is 16.9. The molecule has 0 saturated heterocycles. The van der Waals surface area contributed by atoms with Gasteiger partial charge < -0.3 is 14.4 Å². The van der Waals surface area contributed by atoms with Gasteiger partial charge in [0.2, 0.25) is 0 Å². The van der Waals surface area contributed by atoms with E-state index in [1.165, 1.54) is 5.56 Å². The maximum absolute atomic E-state index is 13.1. The van der Waals surface area contributed by atoms with Gasteiger partial charge in [0.05, 0.1) is 0 Å². The lowest BCUT2D eigenvalue weighted by atomic mass is 9.90. The molecular weight excluding hydrogens is 376 g/mol. The topological polar surface area (TPSA) is 73.0 Å². The number of carbonyl (C=O) groups is 1. The van der Waals surface area contributed by atoms with E-state index >= 15 is 0 Å². The number of nitrogens with one attached hydrogen (secondary N) is 1. The third-order valence-corrected chi connectivity index (χ3v) is 6.04. The summed E-state index contributed by atoms with van der Waals surface area (Å²) >= 11 is 0. The first-order chi connectivity index (χ1) is 14.7. The minimum atomic E-state index is -0.108. The molecule has 3 heterocycles. The number of fused-ring (bicyclic) bond motifs is 1. The smallest absolute Gasteiger partial charge is 0.257 e. The standard InChI is InChI=1S/C24H24N4O2/c1-16-21(22(27-30-16)17-6-3-2-4-7-17)24(29)26-19-9-11-20(12-10-19)28-15-5-8-18-13-14-25-23(18)28/h2-8,13-15,19-20H,9-12H2,1H3,(H,26,29). The number of aromatic nitrogens is 3. The Morgan fingerprint density at radius 2 is 1.80 bits per heavy atom. The molecule has 1 fully saturated rings. The van der Waals surface area contributed by atoms with Crippen LogP contribution in [0.4, 0.5) is 0 Å². The third-order valence-electron chi connectivity index (χ3n) is 6.04. The average Bonchev–Trinajstić information content (AvgIpc) is 3.41. The van der Waals surface area contributed by atoms with Gasteiger partial charge in [0.25, 0.3) is 5.91 Å². The number of aryl methyl sites for hydroxylation is 1. The van der Waals surface area contributed by atoms with Gasteiger partial charge in [-0.25, -0.2) is 4.98 Å². The molecule has 1 aliphatic carbocycles. The molecule has 0 spiro atoms. The highest BCUT2D eigenvalue weighted by Crippen LogP contribution is 2.33. The molecule has 0 radical (unpaired) electrons. The molecule has 1 aromatic carbocycles. The van der Waals surface area contributed by atoms with Crippen molar-refractivity contribution in [1.29, 1.82) is 0 Å². The van der Waals surface area contributed by atoms with Crippen molar-refractivity contribution < 1.29 is 9.32 Å². The molecular formula is C24H24N4O2. The molecule has 1 N–H and O–H groups in total. The Balaban J connectivity index is 1.27. The van der Waals surface area contributed by atoms with Crippen LogP contribution in [-0.2, 0) is 0 Å². The summed E-state index contributed by atoms with van der Waals surface area (Å²) in [4.78, 5) is 17.6. The molecule has 6 heteroatoms. The number of rotatable bonds is 4. The minimum absolute atomic E-state index is 0.108. The van der Waals surface area contributed by atoms with Crippen LogP contribution in [0.3, 0.4) is 0 Å². The Morgan fingerprint density at radius 1 is 1.03 bits per heavy atom. The highest BCUT2D eigenvalue weighted by molar-refractivity contribution is 6.00. The Morgan fingerprint density at radius 3 is 2.60 bits per heavy atom. The SMILES string of the molecule is Cc1onc(-c2ccccc2)c1C(=O)NC1CCC(n2cccc3ccnc2-3)CC1. The summed E-state index contributed by atoms with van der Waals surface area (Å²) in [7, 11) is 0. The van der Waals surface area contributed by atoms with Crippen molar-refractivity contribution in [3.63, 3.8) is 0 Å². The molecule has 0 atom stereocenters. The number of benzene rings is 1. The third kappa shape index (κ3) is 3.38.